The number of hydrogen-bond acceptors (Lipinski definition) is 14. The standard InChI is InChI=1S/C80H48N8O8.ClH.In/c1-9-25-49(26-10-1)89-65-41-57-58(42-66(65)90-50-27-11-2-12-28-50)74-81-73(57)85-75-59-43-67(91-51-29-13-3-14-30-51)68(92-52-31-15-4-16-32-52)44-60(59)77(82-75)87-79-63-47-71(95-55-37-21-7-22-38-55)72(96-56-39-23-8-24-40-56)48-64(63)80(84-79)88-78-62-46-70(94-54-35-19-6-20-36-54)69(45-61(62)76(83-78)86-74)93-53-33-17-5-18-34-53;;/h1-48H;1H;/q-2;;+3/p-1. The Morgan fingerprint density at radius 2 is 0.429 bits per heavy atom. The molecule has 0 saturated carbocycles. The first-order chi connectivity index (χ1) is 48.4. The molecule has 18 heteroatoms. The molecule has 4 aliphatic rings. The molecule has 0 fully saturated rings. The number of aliphatic imine (C=N–C) groups is 4. The van der Waals surface area contributed by atoms with Crippen LogP contribution < -0.4 is 48.9 Å². The third-order valence-electron chi connectivity index (χ3n) is 16.6. The first kappa shape index (κ1) is 58.2. The second kappa shape index (κ2) is 24.7. The Kier molecular flexibility index (Phi) is 14.7. The summed E-state index contributed by atoms with van der Waals surface area (Å²) in [6, 6.07) is 91.7. The van der Waals surface area contributed by atoms with E-state index in [4.69, 9.17) is 76.4 Å². The Balaban J connectivity index is 0.979. The van der Waals surface area contributed by atoms with E-state index in [0.29, 0.717) is 182 Å². The number of para-hydroxylation sites is 8. The van der Waals surface area contributed by atoms with Gasteiger partial charge in [-0.2, -0.15) is 0 Å². The van der Waals surface area contributed by atoms with Gasteiger partial charge >= 0.3 is 575 Å². The predicted molar refractivity (Wildman–Crippen MR) is 379 cm³/mol. The average Bonchev–Trinajstić information content (AvgIpc) is 1.55. The molecular weight excluding hydrogens is 1350 g/mol. The van der Waals surface area contributed by atoms with Crippen LogP contribution >= 0.6 is 8.58 Å². The first-order valence-corrected chi connectivity index (χ1v) is 38.6. The minimum atomic E-state index is -4.68. The Morgan fingerprint density at radius 1 is 0.224 bits per heavy atom. The van der Waals surface area contributed by atoms with E-state index in [1.54, 1.807) is 0 Å². The first-order valence-electron chi connectivity index (χ1n) is 31.5. The topological polar surface area (TPSA) is 158 Å². The van der Waals surface area contributed by atoms with Gasteiger partial charge in [0.05, 0.1) is 0 Å². The zero-order chi connectivity index (χ0) is 65.0. The Hall–Kier alpha value is -12.4. The van der Waals surface area contributed by atoms with Crippen molar-refractivity contribution in [2.75, 3.05) is 0 Å². The quantitative estimate of drug-likeness (QED) is 0.0925. The van der Waals surface area contributed by atoms with Gasteiger partial charge in [0.2, 0.25) is 0 Å². The summed E-state index contributed by atoms with van der Waals surface area (Å²) in [6.45, 7) is 0. The summed E-state index contributed by atoms with van der Waals surface area (Å²) in [7, 11) is 8.76. The van der Waals surface area contributed by atoms with Crippen LogP contribution in [0.5, 0.6) is 92.0 Å². The Bertz CT molecular complexity index is 5400. The summed E-state index contributed by atoms with van der Waals surface area (Å²) in [5.74, 6) is 9.82. The number of rotatable bonds is 16. The summed E-state index contributed by atoms with van der Waals surface area (Å²) in [6.07, 6.45) is 0. The van der Waals surface area contributed by atoms with Gasteiger partial charge in [-0.3, -0.25) is 0 Å². The number of amidine groups is 4. The zero-order valence-electron chi connectivity index (χ0n) is 51.5. The summed E-state index contributed by atoms with van der Waals surface area (Å²) in [4.78, 5) is 33.8. The number of hydrogen-bond donors (Lipinski definition) is 0. The Morgan fingerprint density at radius 3 is 0.663 bits per heavy atom. The van der Waals surface area contributed by atoms with Crippen molar-refractivity contribution >= 4 is 85.9 Å². The molecule has 98 heavy (non-hydrogen) atoms. The fourth-order valence-electron chi connectivity index (χ4n) is 12.2. The predicted octanol–water partition coefficient (Wildman–Crippen LogP) is 19.5. The van der Waals surface area contributed by atoms with Crippen molar-refractivity contribution in [1.82, 2.24) is 5.11 Å². The van der Waals surface area contributed by atoms with Crippen molar-refractivity contribution in [2.24, 2.45) is 30.0 Å². The number of nitrogens with zero attached hydrogens (tertiary/aromatic N) is 8. The molecule has 0 unspecified atom stereocenters. The SMILES string of the molecule is [Cl][In]1[n]2c3c4cc(Oc5ccccc5)c(Oc5ccccc5)cc4c2N=C2N=C(N=c4c5cc(Oc6ccccc6)c(Oc6ccccc6)cc5c([n]41)=NC1=NC(=N3)c3cc(Oc4ccccc4)c(Oc4ccccc4)cc31)c1cc(Oc3ccccc3)c(Oc3ccccc3)cc12. The van der Waals surface area contributed by atoms with Crippen molar-refractivity contribution in [3.05, 3.63) is 324 Å². The van der Waals surface area contributed by atoms with Crippen LogP contribution in [0.3, 0.4) is 0 Å². The molecule has 0 radical (unpaired) electrons. The molecule has 6 heterocycles. The number of benzene rings is 12. The minimum absolute atomic E-state index is 0.307. The molecule has 0 atom stereocenters. The maximum atomic E-state index is 8.76. The van der Waals surface area contributed by atoms with Crippen LogP contribution in [0.25, 0.3) is 21.5 Å². The van der Waals surface area contributed by atoms with Crippen molar-refractivity contribution in [3.8, 4) is 92.0 Å². The second-order valence-electron chi connectivity index (χ2n) is 23.0. The number of ether oxygens (including phenoxy) is 8. The molecule has 6 bridgehead atoms. The zero-order valence-corrected chi connectivity index (χ0v) is 55.6. The summed E-state index contributed by atoms with van der Waals surface area (Å²) < 4.78 is 58.9. The van der Waals surface area contributed by atoms with E-state index in [9.17, 15) is 0 Å². The van der Waals surface area contributed by atoms with Gasteiger partial charge in [0.15, 0.2) is 0 Å². The van der Waals surface area contributed by atoms with E-state index in [1.165, 1.54) is 0 Å². The third kappa shape index (κ3) is 11.0. The van der Waals surface area contributed by atoms with Crippen LogP contribution in [0.2, 0.25) is 0 Å². The van der Waals surface area contributed by atoms with Crippen LogP contribution in [-0.4, -0.2) is 49.3 Å². The van der Waals surface area contributed by atoms with Crippen LogP contribution in [0.1, 0.15) is 22.3 Å². The number of fused-ring (bicyclic) bond motifs is 14. The molecule has 0 amide bonds. The van der Waals surface area contributed by atoms with Gasteiger partial charge in [0.25, 0.3) is 0 Å². The van der Waals surface area contributed by atoms with Crippen LogP contribution in [0.4, 0.5) is 11.6 Å². The van der Waals surface area contributed by atoms with Gasteiger partial charge in [-0.15, -0.1) is 0 Å². The van der Waals surface area contributed by atoms with Gasteiger partial charge in [0.1, 0.15) is 0 Å². The molecule has 12 aromatic carbocycles. The molecule has 14 aromatic rings. The van der Waals surface area contributed by atoms with Crippen LogP contribution in [0.15, 0.2) is 321 Å². The average molecular weight is 1400 g/mol. The van der Waals surface area contributed by atoms with Crippen molar-refractivity contribution in [1.29, 1.82) is 0 Å². The van der Waals surface area contributed by atoms with Crippen molar-refractivity contribution < 1.29 is 37.9 Å². The molecule has 2 aromatic heterocycles. The van der Waals surface area contributed by atoms with E-state index < -0.39 is 20.8 Å². The molecule has 0 N–H and O–H groups in total. The van der Waals surface area contributed by atoms with Crippen molar-refractivity contribution in [2.45, 2.75) is 0 Å². The van der Waals surface area contributed by atoms with Crippen LogP contribution in [-0.2, 0) is 0 Å². The molecule has 4 aliphatic heterocycles. The monoisotopic (exact) mass is 1400 g/mol. The molecule has 466 valence electrons. The molecule has 0 saturated heterocycles. The van der Waals surface area contributed by atoms with E-state index in [2.05, 4.69) is 5.11 Å². The number of halogens is 1. The van der Waals surface area contributed by atoms with Gasteiger partial charge in [-0.05, 0) is 0 Å². The second-order valence-corrected chi connectivity index (χ2v) is 30.3. The molecular formula is C80H48ClInN8O8. The Labute approximate surface area is 571 Å². The van der Waals surface area contributed by atoms with Crippen LogP contribution in [0, 0.1) is 0 Å². The van der Waals surface area contributed by atoms with E-state index in [-0.39, 0.29) is 0 Å². The normalized spacial score (nSPS) is 12.9. The van der Waals surface area contributed by atoms with E-state index >= 15 is 0 Å². The molecule has 18 rings (SSSR count). The summed E-state index contributed by atoms with van der Waals surface area (Å²) in [5.41, 5.74) is 3.22. The third-order valence-corrected chi connectivity index (χ3v) is 24.5. The molecule has 0 aliphatic carbocycles. The van der Waals surface area contributed by atoms with Gasteiger partial charge in [0, 0.05) is 0 Å². The van der Waals surface area contributed by atoms with Gasteiger partial charge < -0.3 is 0 Å². The fraction of sp³-hybridized carbons (Fsp3) is 0. The van der Waals surface area contributed by atoms with E-state index in [0.717, 1.165) is 0 Å². The molecule has 16 nitrogen and oxygen atoms in total. The van der Waals surface area contributed by atoms with Gasteiger partial charge in [-0.25, -0.2) is 0 Å². The van der Waals surface area contributed by atoms with E-state index in [1.807, 2.05) is 291 Å². The van der Waals surface area contributed by atoms with Crippen molar-refractivity contribution in [3.63, 3.8) is 0 Å². The maximum absolute atomic E-state index is 8.76. The van der Waals surface area contributed by atoms with Gasteiger partial charge in [-0.1, -0.05) is 0 Å². The number of aromatic nitrogens is 2. The summed E-state index contributed by atoms with van der Waals surface area (Å²) >= 11 is -4.68. The molecule has 0 spiro atoms. The summed E-state index contributed by atoms with van der Waals surface area (Å²) in [5, 5.41) is 2.42. The fourth-order valence-corrected chi connectivity index (χ4v) is 19.9.